The van der Waals surface area contributed by atoms with Gasteiger partial charge in [-0.05, 0) is 55.9 Å². The molecule has 0 aromatic heterocycles. The van der Waals surface area contributed by atoms with E-state index in [1.54, 1.807) is 12.1 Å². The van der Waals surface area contributed by atoms with E-state index >= 15 is 0 Å². The SMILES string of the molecule is O=C1OC(=O)c2ccc3c4ccc(S)c5cccc(c6ccc1c2c63)c54. The first-order chi connectivity index (χ1) is 12.6. The zero-order chi connectivity index (χ0) is 17.6. The molecule has 0 bridgehead atoms. The van der Waals surface area contributed by atoms with Gasteiger partial charge in [0, 0.05) is 10.3 Å². The zero-order valence-electron chi connectivity index (χ0n) is 13.4. The second kappa shape index (κ2) is 4.54. The Morgan fingerprint density at radius 2 is 1.12 bits per heavy atom. The lowest BCUT2D eigenvalue weighted by Gasteiger charge is -2.20. The fraction of sp³-hybridized carbons (Fsp3) is 0. The molecule has 0 N–H and O–H groups in total. The molecule has 6 rings (SSSR count). The van der Waals surface area contributed by atoms with Crippen LogP contribution < -0.4 is 0 Å². The van der Waals surface area contributed by atoms with Gasteiger partial charge in [-0.15, -0.1) is 12.6 Å². The van der Waals surface area contributed by atoms with Crippen LogP contribution in [0.15, 0.2) is 59.5 Å². The van der Waals surface area contributed by atoms with E-state index in [2.05, 4.69) is 30.8 Å². The van der Waals surface area contributed by atoms with Crippen LogP contribution in [0.5, 0.6) is 0 Å². The molecule has 0 spiro atoms. The third kappa shape index (κ3) is 1.51. The van der Waals surface area contributed by atoms with Gasteiger partial charge in [0.05, 0.1) is 11.1 Å². The number of benzene rings is 5. The molecule has 0 saturated heterocycles. The number of carbonyl (C=O) groups excluding carboxylic acids is 2. The van der Waals surface area contributed by atoms with Crippen molar-refractivity contribution in [3.05, 3.63) is 65.7 Å². The fourth-order valence-electron chi connectivity index (χ4n) is 4.32. The Kier molecular flexibility index (Phi) is 2.46. The number of cyclic esters (lactones) is 2. The van der Waals surface area contributed by atoms with Crippen LogP contribution in [0.2, 0.25) is 0 Å². The average Bonchev–Trinajstić information content (AvgIpc) is 2.66. The molecule has 3 nitrogen and oxygen atoms in total. The first-order valence-corrected chi connectivity index (χ1v) is 8.71. The quantitative estimate of drug-likeness (QED) is 0.134. The number of hydrogen-bond donors (Lipinski definition) is 1. The molecular weight excluding hydrogens is 344 g/mol. The van der Waals surface area contributed by atoms with Crippen molar-refractivity contribution >= 4 is 67.7 Å². The summed E-state index contributed by atoms with van der Waals surface area (Å²) >= 11 is 4.61. The molecule has 0 unspecified atom stereocenters. The smallest absolute Gasteiger partial charge is 0.346 e. The number of ether oxygens (including phenoxy) is 1. The zero-order valence-corrected chi connectivity index (χ0v) is 14.3. The van der Waals surface area contributed by atoms with Crippen molar-refractivity contribution in [2.75, 3.05) is 0 Å². The Hall–Kier alpha value is -3.11. The molecule has 1 heterocycles. The predicted molar refractivity (Wildman–Crippen MR) is 105 cm³/mol. The Morgan fingerprint density at radius 1 is 0.577 bits per heavy atom. The molecule has 0 aliphatic carbocycles. The summed E-state index contributed by atoms with van der Waals surface area (Å²) in [6.07, 6.45) is 0. The van der Waals surface area contributed by atoms with E-state index in [9.17, 15) is 9.59 Å². The monoisotopic (exact) mass is 354 g/mol. The third-order valence-corrected chi connectivity index (χ3v) is 5.77. The molecule has 1 aliphatic heterocycles. The second-order valence-electron chi connectivity index (χ2n) is 6.61. The standard InChI is InChI=1S/C22H10O3S/c23-21-15-6-4-12-10-2-1-3-14-17(26)9-8-11(18(10)14)13-5-7-16(22(24)25-21)20(15)19(12)13/h1-9,26H. The lowest BCUT2D eigenvalue weighted by atomic mass is 9.86. The predicted octanol–water partition coefficient (Wildman–Crippen LogP) is 5.34. The minimum Gasteiger partial charge on any atom is -0.386 e. The first kappa shape index (κ1) is 14.1. The van der Waals surface area contributed by atoms with Crippen molar-refractivity contribution in [3.8, 4) is 0 Å². The average molecular weight is 354 g/mol. The Bertz CT molecular complexity index is 1380. The Balaban J connectivity index is 2.02. The Labute approximate surface area is 152 Å². The second-order valence-corrected chi connectivity index (χ2v) is 7.09. The van der Waals surface area contributed by atoms with Crippen molar-refractivity contribution in [3.63, 3.8) is 0 Å². The van der Waals surface area contributed by atoms with Crippen LogP contribution in [0.25, 0.3) is 43.1 Å². The topological polar surface area (TPSA) is 43.4 Å². The summed E-state index contributed by atoms with van der Waals surface area (Å²) in [7, 11) is 0. The van der Waals surface area contributed by atoms with E-state index < -0.39 is 11.9 Å². The van der Waals surface area contributed by atoms with Crippen LogP contribution in [-0.2, 0) is 4.74 Å². The van der Waals surface area contributed by atoms with Gasteiger partial charge in [-0.1, -0.05) is 36.4 Å². The maximum Gasteiger partial charge on any atom is 0.346 e. The van der Waals surface area contributed by atoms with Gasteiger partial charge in [0.25, 0.3) is 0 Å². The van der Waals surface area contributed by atoms with Gasteiger partial charge in [-0.2, -0.15) is 0 Å². The lowest BCUT2D eigenvalue weighted by Crippen LogP contribution is -2.19. The summed E-state index contributed by atoms with van der Waals surface area (Å²) in [6, 6.07) is 17.6. The van der Waals surface area contributed by atoms with Gasteiger partial charge >= 0.3 is 11.9 Å². The molecule has 5 aromatic carbocycles. The van der Waals surface area contributed by atoms with Crippen molar-refractivity contribution in [2.45, 2.75) is 4.90 Å². The summed E-state index contributed by atoms with van der Waals surface area (Å²) in [4.78, 5) is 25.4. The maximum atomic E-state index is 12.2. The summed E-state index contributed by atoms with van der Waals surface area (Å²) < 4.78 is 4.89. The highest BCUT2D eigenvalue weighted by Gasteiger charge is 2.29. The van der Waals surface area contributed by atoms with E-state index in [1.807, 2.05) is 24.3 Å². The van der Waals surface area contributed by atoms with Crippen LogP contribution in [0.3, 0.4) is 0 Å². The molecule has 0 radical (unpaired) electrons. The maximum absolute atomic E-state index is 12.2. The molecule has 0 amide bonds. The summed E-state index contributed by atoms with van der Waals surface area (Å²) in [5, 5.41) is 8.13. The van der Waals surface area contributed by atoms with E-state index in [0.29, 0.717) is 16.5 Å². The molecule has 0 saturated carbocycles. The van der Waals surface area contributed by atoms with Crippen LogP contribution in [0, 0.1) is 0 Å². The molecule has 0 fully saturated rings. The fourth-order valence-corrected chi connectivity index (χ4v) is 4.58. The summed E-state index contributed by atoms with van der Waals surface area (Å²) in [6.45, 7) is 0. The minimum atomic E-state index is -0.582. The first-order valence-electron chi connectivity index (χ1n) is 8.27. The minimum absolute atomic E-state index is 0.446. The molecule has 0 atom stereocenters. The number of rotatable bonds is 0. The van der Waals surface area contributed by atoms with Crippen molar-refractivity contribution < 1.29 is 14.3 Å². The van der Waals surface area contributed by atoms with Gasteiger partial charge in [-0.3, -0.25) is 0 Å². The molecule has 26 heavy (non-hydrogen) atoms. The highest BCUT2D eigenvalue weighted by Crippen LogP contribution is 2.44. The summed E-state index contributed by atoms with van der Waals surface area (Å²) in [5.74, 6) is -1.16. The van der Waals surface area contributed by atoms with Gasteiger partial charge in [0.1, 0.15) is 0 Å². The molecule has 122 valence electrons. The number of thiol groups is 1. The van der Waals surface area contributed by atoms with Crippen LogP contribution in [0.1, 0.15) is 20.7 Å². The highest BCUT2D eigenvalue weighted by molar-refractivity contribution is 7.80. The molecule has 1 aliphatic rings. The molecule has 4 heteroatoms. The normalized spacial score (nSPS) is 14.0. The van der Waals surface area contributed by atoms with Gasteiger partial charge < -0.3 is 4.74 Å². The van der Waals surface area contributed by atoms with Crippen molar-refractivity contribution in [1.82, 2.24) is 0 Å². The van der Waals surface area contributed by atoms with E-state index in [4.69, 9.17) is 4.74 Å². The highest BCUT2D eigenvalue weighted by atomic mass is 32.1. The number of esters is 2. The van der Waals surface area contributed by atoms with E-state index in [1.165, 1.54) is 0 Å². The summed E-state index contributed by atoms with van der Waals surface area (Å²) in [5.41, 5.74) is 0.892. The van der Waals surface area contributed by atoms with Crippen LogP contribution >= 0.6 is 12.6 Å². The third-order valence-electron chi connectivity index (χ3n) is 5.38. The van der Waals surface area contributed by atoms with Crippen molar-refractivity contribution in [2.24, 2.45) is 0 Å². The van der Waals surface area contributed by atoms with Gasteiger partial charge in [0.15, 0.2) is 0 Å². The lowest BCUT2D eigenvalue weighted by molar-refractivity contribution is 0.0391. The van der Waals surface area contributed by atoms with Crippen molar-refractivity contribution in [1.29, 1.82) is 0 Å². The largest absolute Gasteiger partial charge is 0.386 e. The number of fused-ring (bicyclic) bond motifs is 2. The Morgan fingerprint density at radius 3 is 1.81 bits per heavy atom. The van der Waals surface area contributed by atoms with E-state index in [0.717, 1.165) is 42.6 Å². The van der Waals surface area contributed by atoms with Crippen LogP contribution in [0.4, 0.5) is 0 Å². The number of carbonyl (C=O) groups is 2. The molecule has 5 aromatic rings. The van der Waals surface area contributed by atoms with Gasteiger partial charge in [0.2, 0.25) is 0 Å². The van der Waals surface area contributed by atoms with E-state index in [-0.39, 0.29) is 0 Å². The molecular formula is C22H10O3S. The van der Waals surface area contributed by atoms with Crippen LogP contribution in [-0.4, -0.2) is 11.9 Å². The number of hydrogen-bond acceptors (Lipinski definition) is 4. The van der Waals surface area contributed by atoms with Gasteiger partial charge in [-0.25, -0.2) is 9.59 Å².